The molecule has 58 heavy (non-hydrogen) atoms. The predicted octanol–water partition coefficient (Wildman–Crippen LogP) is 11.2. The molecule has 0 aliphatic heterocycles. The summed E-state index contributed by atoms with van der Waals surface area (Å²) in [4.78, 5) is 0. The van der Waals surface area contributed by atoms with Gasteiger partial charge in [0, 0.05) is 10.8 Å². The van der Waals surface area contributed by atoms with E-state index in [0.29, 0.717) is 26.4 Å². The largest absolute Gasteiger partial charge is 0.465 e. The van der Waals surface area contributed by atoms with Crippen LogP contribution in [0.1, 0.15) is 75.6 Å². The van der Waals surface area contributed by atoms with Crippen LogP contribution in [0.5, 0.6) is 23.0 Å². The van der Waals surface area contributed by atoms with Crippen molar-refractivity contribution < 1.29 is 37.9 Å². The Balaban J connectivity index is 1.50. The van der Waals surface area contributed by atoms with Crippen molar-refractivity contribution >= 4 is 0 Å². The third-order valence-corrected chi connectivity index (χ3v) is 10.6. The van der Waals surface area contributed by atoms with Crippen LogP contribution in [0.15, 0.2) is 148 Å². The lowest BCUT2D eigenvalue weighted by Gasteiger charge is -2.48. The lowest BCUT2D eigenvalue weighted by atomic mass is 9.55. The number of hydrogen-bond donors (Lipinski definition) is 0. The van der Waals surface area contributed by atoms with Gasteiger partial charge in [-0.2, -0.15) is 0 Å². The van der Waals surface area contributed by atoms with Gasteiger partial charge < -0.3 is 37.9 Å². The van der Waals surface area contributed by atoms with Crippen LogP contribution in [-0.4, -0.2) is 51.6 Å². The monoisotopic (exact) mass is 788 g/mol. The lowest BCUT2D eigenvalue weighted by Crippen LogP contribution is -2.41. The molecule has 8 heteroatoms. The fraction of sp³-hybridized carbons (Fsp3) is 0.360. The van der Waals surface area contributed by atoms with Crippen molar-refractivity contribution in [2.45, 2.75) is 89.4 Å². The summed E-state index contributed by atoms with van der Waals surface area (Å²) in [6, 6.07) is 33.9. The maximum absolute atomic E-state index is 6.08. The molecule has 1 aliphatic carbocycles. The molecule has 0 spiro atoms. The summed E-state index contributed by atoms with van der Waals surface area (Å²) in [5.41, 5.74) is 4.30. The SMILES string of the molecule is C=CCOC(C)Oc1ccc(C2(c3ccc(OC(C)OCC=C)cc3)CCC(c3ccc(OC(C)OCC=C)cc3)(c3ccc(OC(C)OCC=C)cc3)CC2)cc1. The Morgan fingerprint density at radius 3 is 0.741 bits per heavy atom. The highest BCUT2D eigenvalue weighted by Gasteiger charge is 2.46. The molecule has 0 radical (unpaired) electrons. The topological polar surface area (TPSA) is 73.8 Å². The number of hydrogen-bond acceptors (Lipinski definition) is 8. The van der Waals surface area contributed by atoms with Crippen LogP contribution in [0.4, 0.5) is 0 Å². The fourth-order valence-corrected chi connectivity index (χ4v) is 7.72. The molecule has 5 rings (SSSR count). The summed E-state index contributed by atoms with van der Waals surface area (Å²) in [5, 5.41) is 0. The second-order valence-corrected chi connectivity index (χ2v) is 14.5. The molecular weight excluding hydrogens is 729 g/mol. The summed E-state index contributed by atoms with van der Waals surface area (Å²) in [7, 11) is 0. The van der Waals surface area contributed by atoms with E-state index in [0.717, 1.165) is 48.7 Å². The average Bonchev–Trinajstić information content (AvgIpc) is 3.24. The first-order chi connectivity index (χ1) is 28.1. The first-order valence-corrected chi connectivity index (χ1v) is 20.1. The quantitative estimate of drug-likeness (QED) is 0.0513. The van der Waals surface area contributed by atoms with Crippen LogP contribution in [-0.2, 0) is 29.8 Å². The first-order valence-electron chi connectivity index (χ1n) is 20.1. The standard InChI is InChI=1S/C50H60O8/c1-9-33-51-37(5)55-45-21-13-41(14-22-45)49(42-15-23-46(24-16-42)56-38(6)52-34-10-2)29-31-50(32-30-49,43-17-25-47(26-18-43)57-39(7)53-35-11-3)44-19-27-48(28-20-44)58-40(8)54-36-12-4/h9-28,37-40H,1-4,29-36H2,5-8H3. The molecule has 0 aromatic heterocycles. The minimum atomic E-state index is -0.405. The molecular formula is C50H60O8. The zero-order valence-electron chi connectivity index (χ0n) is 34.6. The molecule has 0 heterocycles. The van der Waals surface area contributed by atoms with Gasteiger partial charge in [0.2, 0.25) is 0 Å². The summed E-state index contributed by atoms with van der Waals surface area (Å²) in [6.07, 6.45) is 8.75. The number of ether oxygens (including phenoxy) is 8. The van der Waals surface area contributed by atoms with Gasteiger partial charge in [-0.3, -0.25) is 0 Å². The lowest BCUT2D eigenvalue weighted by molar-refractivity contribution is -0.0551. The van der Waals surface area contributed by atoms with E-state index in [4.69, 9.17) is 37.9 Å². The maximum atomic E-state index is 6.08. The van der Waals surface area contributed by atoms with Crippen molar-refractivity contribution in [1.82, 2.24) is 0 Å². The Bertz CT molecular complexity index is 1590. The molecule has 0 N–H and O–H groups in total. The predicted molar refractivity (Wildman–Crippen MR) is 231 cm³/mol. The second-order valence-electron chi connectivity index (χ2n) is 14.5. The average molecular weight is 789 g/mol. The van der Waals surface area contributed by atoms with E-state index in [-0.39, 0.29) is 10.8 Å². The third kappa shape index (κ3) is 11.5. The van der Waals surface area contributed by atoms with Crippen LogP contribution in [0.3, 0.4) is 0 Å². The van der Waals surface area contributed by atoms with Gasteiger partial charge in [0.25, 0.3) is 0 Å². The van der Waals surface area contributed by atoms with Crippen molar-refractivity contribution in [2.24, 2.45) is 0 Å². The van der Waals surface area contributed by atoms with Crippen LogP contribution >= 0.6 is 0 Å². The van der Waals surface area contributed by atoms with E-state index in [1.54, 1.807) is 24.3 Å². The smallest absolute Gasteiger partial charge is 0.197 e. The van der Waals surface area contributed by atoms with E-state index in [1.807, 2.05) is 76.2 Å². The van der Waals surface area contributed by atoms with Gasteiger partial charge in [0.1, 0.15) is 23.0 Å². The van der Waals surface area contributed by atoms with Gasteiger partial charge in [0.15, 0.2) is 25.2 Å². The van der Waals surface area contributed by atoms with Crippen LogP contribution in [0.25, 0.3) is 0 Å². The van der Waals surface area contributed by atoms with Crippen molar-refractivity contribution in [3.63, 3.8) is 0 Å². The Kier molecular flexibility index (Phi) is 16.4. The van der Waals surface area contributed by atoms with E-state index >= 15 is 0 Å². The van der Waals surface area contributed by atoms with E-state index in [1.165, 1.54) is 22.3 Å². The molecule has 1 saturated carbocycles. The molecule has 0 amide bonds. The van der Waals surface area contributed by atoms with Crippen molar-refractivity contribution in [3.8, 4) is 23.0 Å². The first kappa shape index (κ1) is 44.0. The Hall–Kier alpha value is -5.12. The molecule has 308 valence electrons. The Morgan fingerprint density at radius 2 is 0.569 bits per heavy atom. The molecule has 0 bridgehead atoms. The molecule has 1 fully saturated rings. The number of rotatable bonds is 24. The highest BCUT2D eigenvalue weighted by molar-refractivity contribution is 5.49. The van der Waals surface area contributed by atoms with E-state index < -0.39 is 25.2 Å². The van der Waals surface area contributed by atoms with Gasteiger partial charge in [-0.25, -0.2) is 0 Å². The van der Waals surface area contributed by atoms with Gasteiger partial charge >= 0.3 is 0 Å². The van der Waals surface area contributed by atoms with E-state index in [9.17, 15) is 0 Å². The highest BCUT2D eigenvalue weighted by Crippen LogP contribution is 2.55. The Morgan fingerprint density at radius 1 is 0.379 bits per heavy atom. The maximum Gasteiger partial charge on any atom is 0.197 e. The summed E-state index contributed by atoms with van der Waals surface area (Å²) in [5.74, 6) is 2.98. The van der Waals surface area contributed by atoms with Crippen molar-refractivity contribution in [1.29, 1.82) is 0 Å². The fourth-order valence-electron chi connectivity index (χ4n) is 7.72. The van der Waals surface area contributed by atoms with Gasteiger partial charge in [-0.1, -0.05) is 72.8 Å². The second kappa shape index (κ2) is 21.6. The molecule has 0 saturated heterocycles. The van der Waals surface area contributed by atoms with Gasteiger partial charge in [0.05, 0.1) is 26.4 Å². The summed E-state index contributed by atoms with van der Waals surface area (Å²) in [6.45, 7) is 24.2. The molecule has 4 aromatic carbocycles. The zero-order chi connectivity index (χ0) is 41.4. The third-order valence-electron chi connectivity index (χ3n) is 10.6. The summed E-state index contributed by atoms with van der Waals surface area (Å²) >= 11 is 0. The molecule has 4 aromatic rings. The van der Waals surface area contributed by atoms with Gasteiger partial charge in [-0.05, 0) is 124 Å². The summed E-state index contributed by atoms with van der Waals surface area (Å²) < 4.78 is 47.1. The van der Waals surface area contributed by atoms with Crippen LogP contribution < -0.4 is 18.9 Å². The normalized spacial score (nSPS) is 19.8. The van der Waals surface area contributed by atoms with Crippen LogP contribution in [0.2, 0.25) is 0 Å². The molecule has 1 aliphatic rings. The van der Waals surface area contributed by atoms with Crippen molar-refractivity contribution in [2.75, 3.05) is 26.4 Å². The minimum Gasteiger partial charge on any atom is -0.465 e. The molecule has 8 nitrogen and oxygen atoms in total. The number of benzene rings is 4. The van der Waals surface area contributed by atoms with Crippen LogP contribution in [0, 0.1) is 0 Å². The van der Waals surface area contributed by atoms with Crippen molar-refractivity contribution in [3.05, 3.63) is 170 Å². The molecule has 4 atom stereocenters. The molecule has 4 unspecified atom stereocenters. The highest BCUT2D eigenvalue weighted by atomic mass is 16.7. The zero-order valence-corrected chi connectivity index (χ0v) is 34.6. The van der Waals surface area contributed by atoms with Gasteiger partial charge in [-0.15, -0.1) is 26.3 Å². The minimum absolute atomic E-state index is 0.293. The Labute approximate surface area is 345 Å². The van der Waals surface area contributed by atoms with E-state index in [2.05, 4.69) is 74.8 Å².